The maximum Gasteiger partial charge on any atom is 0.256 e. The summed E-state index contributed by atoms with van der Waals surface area (Å²) in [5.41, 5.74) is 0.876. The first-order valence-corrected chi connectivity index (χ1v) is 7.76. The Morgan fingerprint density at radius 3 is 3.17 bits per heavy atom. The molecule has 23 heavy (non-hydrogen) atoms. The normalized spacial score (nSPS) is 23.3. The van der Waals surface area contributed by atoms with Crippen molar-refractivity contribution >= 4 is 17.5 Å². The minimum Gasteiger partial charge on any atom is -0.370 e. The van der Waals surface area contributed by atoms with Gasteiger partial charge in [0, 0.05) is 18.1 Å². The van der Waals surface area contributed by atoms with Gasteiger partial charge in [-0.2, -0.15) is 0 Å². The maximum absolute atomic E-state index is 13.9. The van der Waals surface area contributed by atoms with E-state index < -0.39 is 5.82 Å². The molecule has 2 aromatic rings. The Labute approximate surface area is 136 Å². The van der Waals surface area contributed by atoms with Crippen molar-refractivity contribution in [1.29, 1.82) is 0 Å². The highest BCUT2D eigenvalue weighted by molar-refractivity contribution is 6.31. The van der Waals surface area contributed by atoms with E-state index >= 15 is 0 Å². The minimum atomic E-state index is -0.567. The van der Waals surface area contributed by atoms with Crippen LogP contribution < -0.4 is 0 Å². The van der Waals surface area contributed by atoms with Crippen molar-refractivity contribution in [3.8, 4) is 0 Å². The summed E-state index contributed by atoms with van der Waals surface area (Å²) in [6.45, 7) is 1.40. The van der Waals surface area contributed by atoms with Gasteiger partial charge in [-0.05, 0) is 24.6 Å². The van der Waals surface area contributed by atoms with Crippen LogP contribution in [0.4, 0.5) is 4.39 Å². The van der Waals surface area contributed by atoms with Gasteiger partial charge >= 0.3 is 0 Å². The molecule has 1 aromatic carbocycles. The average molecular weight is 337 g/mol. The molecule has 2 aliphatic heterocycles. The highest BCUT2D eigenvalue weighted by Crippen LogP contribution is 2.31. The van der Waals surface area contributed by atoms with Gasteiger partial charge in [0.25, 0.3) is 5.91 Å². The molecule has 120 valence electrons. The fourth-order valence-corrected chi connectivity index (χ4v) is 3.37. The zero-order chi connectivity index (χ0) is 16.0. The van der Waals surface area contributed by atoms with Crippen molar-refractivity contribution in [2.75, 3.05) is 13.1 Å². The van der Waals surface area contributed by atoms with E-state index in [0.717, 1.165) is 5.69 Å². The number of likely N-dealkylation sites (tertiary alicyclic amines) is 1. The summed E-state index contributed by atoms with van der Waals surface area (Å²) in [5, 5.41) is 8.33. The predicted octanol–water partition coefficient (Wildman–Crippen LogP) is 2.06. The molecule has 2 atom stereocenters. The molecule has 0 bridgehead atoms. The Morgan fingerprint density at radius 1 is 1.43 bits per heavy atom. The summed E-state index contributed by atoms with van der Waals surface area (Å²) in [4.78, 5) is 14.3. The second kappa shape index (κ2) is 5.58. The fourth-order valence-electron chi connectivity index (χ4n) is 3.20. The SMILES string of the molecule is O=C(c1cc(Cl)ccc1F)N1CC[C@@H]2OCc3cnnn3[C@H]2C1. The van der Waals surface area contributed by atoms with Crippen LogP contribution in [0.2, 0.25) is 5.02 Å². The Balaban J connectivity index is 1.60. The third kappa shape index (κ3) is 2.49. The average Bonchev–Trinajstić information content (AvgIpc) is 3.05. The molecule has 0 N–H and O–H groups in total. The number of hydrogen-bond acceptors (Lipinski definition) is 4. The van der Waals surface area contributed by atoms with E-state index in [-0.39, 0.29) is 23.6 Å². The first kappa shape index (κ1) is 14.6. The molecule has 4 rings (SSSR count). The minimum absolute atomic E-state index is 0.00235. The Bertz CT molecular complexity index is 766. The van der Waals surface area contributed by atoms with Crippen LogP contribution in [-0.4, -0.2) is 45.0 Å². The van der Waals surface area contributed by atoms with Crippen molar-refractivity contribution in [3.63, 3.8) is 0 Å². The molecule has 1 aromatic heterocycles. The fraction of sp³-hybridized carbons (Fsp3) is 0.400. The standard InChI is InChI=1S/C15H14ClFN4O2/c16-9-1-2-12(17)11(5-9)15(22)20-4-3-14-13(7-20)21-10(8-23-14)6-18-19-21/h1-2,5-6,13-14H,3-4,7-8H2/t13-,14-/m0/s1. The molecule has 6 nitrogen and oxygen atoms in total. The number of amides is 1. The van der Waals surface area contributed by atoms with Crippen LogP contribution in [0, 0.1) is 5.82 Å². The Morgan fingerprint density at radius 2 is 2.30 bits per heavy atom. The predicted molar refractivity (Wildman–Crippen MR) is 79.6 cm³/mol. The lowest BCUT2D eigenvalue weighted by Gasteiger charge is -2.41. The number of hydrogen-bond donors (Lipinski definition) is 0. The van der Waals surface area contributed by atoms with Gasteiger partial charge < -0.3 is 9.64 Å². The van der Waals surface area contributed by atoms with Crippen LogP contribution in [-0.2, 0) is 11.3 Å². The quantitative estimate of drug-likeness (QED) is 0.799. The molecular formula is C15H14ClFN4O2. The third-order valence-corrected chi connectivity index (χ3v) is 4.61. The maximum atomic E-state index is 13.9. The molecule has 2 aliphatic rings. The van der Waals surface area contributed by atoms with Crippen molar-refractivity contribution < 1.29 is 13.9 Å². The number of piperidine rings is 1. The van der Waals surface area contributed by atoms with Gasteiger partial charge in [0.1, 0.15) is 5.82 Å². The molecule has 0 aliphatic carbocycles. The number of carbonyl (C=O) groups is 1. The van der Waals surface area contributed by atoms with Gasteiger partial charge in [-0.25, -0.2) is 9.07 Å². The summed E-state index contributed by atoms with van der Waals surface area (Å²) in [6, 6.07) is 3.91. The van der Waals surface area contributed by atoms with E-state index in [2.05, 4.69) is 10.3 Å². The first-order valence-electron chi connectivity index (χ1n) is 7.38. The van der Waals surface area contributed by atoms with Gasteiger partial charge in [-0.1, -0.05) is 16.8 Å². The largest absolute Gasteiger partial charge is 0.370 e. The van der Waals surface area contributed by atoms with Crippen LogP contribution in [0.3, 0.4) is 0 Å². The van der Waals surface area contributed by atoms with Crippen molar-refractivity contribution in [1.82, 2.24) is 19.9 Å². The van der Waals surface area contributed by atoms with Crippen LogP contribution in [0.15, 0.2) is 24.4 Å². The Kier molecular flexibility index (Phi) is 3.54. The number of nitrogens with zero attached hydrogens (tertiary/aromatic N) is 4. The molecule has 0 unspecified atom stereocenters. The first-order chi connectivity index (χ1) is 11.1. The van der Waals surface area contributed by atoms with Gasteiger partial charge in [-0.3, -0.25) is 4.79 Å². The van der Waals surface area contributed by atoms with Gasteiger partial charge in [0.15, 0.2) is 0 Å². The molecule has 0 saturated carbocycles. The summed E-state index contributed by atoms with van der Waals surface area (Å²) in [6.07, 6.45) is 2.34. The summed E-state index contributed by atoms with van der Waals surface area (Å²) in [7, 11) is 0. The van der Waals surface area contributed by atoms with E-state index in [0.29, 0.717) is 31.1 Å². The van der Waals surface area contributed by atoms with Gasteiger partial charge in [-0.15, -0.1) is 5.10 Å². The zero-order valence-corrected chi connectivity index (χ0v) is 12.9. The monoisotopic (exact) mass is 336 g/mol. The summed E-state index contributed by atoms with van der Waals surface area (Å²) in [5.74, 6) is -0.932. The smallest absolute Gasteiger partial charge is 0.256 e. The topological polar surface area (TPSA) is 60.3 Å². The number of aromatic nitrogens is 3. The van der Waals surface area contributed by atoms with E-state index in [1.165, 1.54) is 18.2 Å². The lowest BCUT2D eigenvalue weighted by atomic mass is 9.99. The third-order valence-electron chi connectivity index (χ3n) is 4.37. The van der Waals surface area contributed by atoms with E-state index in [1.54, 1.807) is 11.1 Å². The summed E-state index contributed by atoms with van der Waals surface area (Å²) < 4.78 is 21.6. The number of rotatable bonds is 1. The molecule has 3 heterocycles. The van der Waals surface area contributed by atoms with Crippen LogP contribution in [0.5, 0.6) is 0 Å². The van der Waals surface area contributed by atoms with Gasteiger partial charge in [0.05, 0.1) is 36.2 Å². The zero-order valence-electron chi connectivity index (χ0n) is 12.2. The number of carbonyl (C=O) groups excluding carboxylic acids is 1. The highest BCUT2D eigenvalue weighted by atomic mass is 35.5. The van der Waals surface area contributed by atoms with E-state index in [1.807, 2.05) is 4.68 Å². The molecule has 0 radical (unpaired) electrons. The molecule has 8 heteroatoms. The summed E-state index contributed by atoms with van der Waals surface area (Å²) >= 11 is 5.88. The van der Waals surface area contributed by atoms with Crippen molar-refractivity contribution in [2.45, 2.75) is 25.2 Å². The van der Waals surface area contributed by atoms with Crippen molar-refractivity contribution in [2.24, 2.45) is 0 Å². The number of halogens is 2. The second-order valence-electron chi connectivity index (χ2n) is 5.75. The Hall–Kier alpha value is -1.99. The van der Waals surface area contributed by atoms with Crippen molar-refractivity contribution in [3.05, 3.63) is 46.5 Å². The number of benzene rings is 1. The van der Waals surface area contributed by atoms with E-state index in [9.17, 15) is 9.18 Å². The van der Waals surface area contributed by atoms with Crippen LogP contribution in [0.1, 0.15) is 28.5 Å². The van der Waals surface area contributed by atoms with Crippen LogP contribution >= 0.6 is 11.6 Å². The molecule has 1 fully saturated rings. The molecule has 1 amide bonds. The number of fused-ring (bicyclic) bond motifs is 3. The molecule has 0 spiro atoms. The molecule has 1 saturated heterocycles. The second-order valence-corrected chi connectivity index (χ2v) is 6.19. The van der Waals surface area contributed by atoms with E-state index in [4.69, 9.17) is 16.3 Å². The van der Waals surface area contributed by atoms with Gasteiger partial charge in [0.2, 0.25) is 0 Å². The molecular weight excluding hydrogens is 323 g/mol. The number of ether oxygens (including phenoxy) is 1. The lowest BCUT2D eigenvalue weighted by Crippen LogP contribution is -2.50. The highest BCUT2D eigenvalue weighted by Gasteiger charge is 2.38. The lowest BCUT2D eigenvalue weighted by molar-refractivity contribution is -0.0605. The van der Waals surface area contributed by atoms with Crippen LogP contribution in [0.25, 0.3) is 0 Å².